The van der Waals surface area contributed by atoms with Gasteiger partial charge in [0.25, 0.3) is 5.91 Å². The number of rotatable bonds is 6. The number of ether oxygens (including phenoxy) is 3. The maximum Gasteiger partial charge on any atom is 0.343 e. The van der Waals surface area contributed by atoms with Crippen LogP contribution >= 0.6 is 0 Å². The molecule has 0 saturated carbocycles. The number of carbonyl (C=O) groups is 3. The van der Waals surface area contributed by atoms with E-state index in [4.69, 9.17) is 9.47 Å². The van der Waals surface area contributed by atoms with Gasteiger partial charge in [0.15, 0.2) is 18.1 Å². The van der Waals surface area contributed by atoms with E-state index in [0.29, 0.717) is 30.0 Å². The number of nitrogens with one attached hydrogen (secondary N) is 2. The molecular formula is C17H22N2O6. The Bertz CT molecular complexity index is 646. The molecule has 1 heterocycles. The summed E-state index contributed by atoms with van der Waals surface area (Å²) in [6.07, 6.45) is 2.38. The normalized spacial score (nSPS) is 17.0. The fraction of sp³-hybridized carbons (Fsp3) is 0.471. The van der Waals surface area contributed by atoms with Gasteiger partial charge in [0, 0.05) is 12.1 Å². The lowest BCUT2D eigenvalue weighted by molar-refractivity contribution is -0.142. The third-order valence-electron chi connectivity index (χ3n) is 3.84. The van der Waals surface area contributed by atoms with Crippen molar-refractivity contribution < 1.29 is 28.6 Å². The van der Waals surface area contributed by atoms with Crippen molar-refractivity contribution in [2.45, 2.75) is 25.3 Å². The fourth-order valence-electron chi connectivity index (χ4n) is 2.44. The van der Waals surface area contributed by atoms with Crippen molar-refractivity contribution in [1.82, 2.24) is 10.6 Å². The van der Waals surface area contributed by atoms with E-state index < -0.39 is 12.0 Å². The van der Waals surface area contributed by atoms with Crippen molar-refractivity contribution in [3.8, 4) is 11.5 Å². The Balaban J connectivity index is 2.06. The van der Waals surface area contributed by atoms with Crippen molar-refractivity contribution in [2.24, 2.45) is 0 Å². The standard InChI is InChI=1S/C17H22N2O6/c1-23-14-9-11(6-7-13(14)25-10-15(20)24-2)16(21)19-12-5-3-4-8-18-17(12)22/h6-7,9,12H,3-5,8,10H2,1-2H3,(H,18,22)(H,19,21). The van der Waals surface area contributed by atoms with Crippen molar-refractivity contribution in [1.29, 1.82) is 0 Å². The highest BCUT2D eigenvalue weighted by atomic mass is 16.6. The summed E-state index contributed by atoms with van der Waals surface area (Å²) in [6, 6.07) is 4.02. The van der Waals surface area contributed by atoms with Crippen LogP contribution in [-0.4, -0.2) is 51.2 Å². The fourth-order valence-corrected chi connectivity index (χ4v) is 2.44. The van der Waals surface area contributed by atoms with Gasteiger partial charge in [-0.05, 0) is 37.5 Å². The molecule has 0 spiro atoms. The van der Waals surface area contributed by atoms with Gasteiger partial charge in [-0.3, -0.25) is 9.59 Å². The van der Waals surface area contributed by atoms with Gasteiger partial charge in [-0.25, -0.2) is 4.79 Å². The molecule has 0 bridgehead atoms. The third kappa shape index (κ3) is 5.10. The van der Waals surface area contributed by atoms with E-state index >= 15 is 0 Å². The van der Waals surface area contributed by atoms with Crippen molar-refractivity contribution in [3.05, 3.63) is 23.8 Å². The first kappa shape index (κ1) is 18.6. The van der Waals surface area contributed by atoms with Gasteiger partial charge in [0.05, 0.1) is 14.2 Å². The predicted octanol–water partition coefficient (Wildman–Crippen LogP) is 0.645. The number of hydrogen-bond acceptors (Lipinski definition) is 6. The van der Waals surface area contributed by atoms with Crippen LogP contribution in [0, 0.1) is 0 Å². The number of methoxy groups -OCH3 is 2. The zero-order valence-corrected chi connectivity index (χ0v) is 14.3. The summed E-state index contributed by atoms with van der Waals surface area (Å²) in [4.78, 5) is 35.5. The molecule has 1 fully saturated rings. The van der Waals surface area contributed by atoms with Crippen LogP contribution in [0.5, 0.6) is 11.5 Å². The number of amides is 2. The molecule has 1 aromatic rings. The molecule has 1 atom stereocenters. The molecule has 0 aromatic heterocycles. The molecule has 1 saturated heterocycles. The third-order valence-corrected chi connectivity index (χ3v) is 3.84. The second kappa shape index (κ2) is 8.91. The van der Waals surface area contributed by atoms with Crippen LogP contribution in [0.4, 0.5) is 0 Å². The number of benzene rings is 1. The minimum atomic E-state index is -0.545. The maximum absolute atomic E-state index is 12.4. The first-order chi connectivity index (χ1) is 12.0. The summed E-state index contributed by atoms with van der Waals surface area (Å²) in [6.45, 7) is 0.367. The van der Waals surface area contributed by atoms with Crippen LogP contribution in [0.15, 0.2) is 18.2 Å². The van der Waals surface area contributed by atoms with E-state index in [-0.39, 0.29) is 18.4 Å². The summed E-state index contributed by atoms with van der Waals surface area (Å²) >= 11 is 0. The van der Waals surface area contributed by atoms with Gasteiger partial charge < -0.3 is 24.8 Å². The largest absolute Gasteiger partial charge is 0.493 e. The SMILES string of the molecule is COC(=O)COc1ccc(C(=O)NC2CCCCNC2=O)cc1OC. The molecule has 1 aliphatic heterocycles. The van der Waals surface area contributed by atoms with E-state index in [1.807, 2.05) is 0 Å². The van der Waals surface area contributed by atoms with Gasteiger partial charge in [-0.1, -0.05) is 0 Å². The topological polar surface area (TPSA) is 103 Å². The molecule has 2 amide bonds. The Morgan fingerprint density at radius 1 is 1.24 bits per heavy atom. The van der Waals surface area contributed by atoms with Crippen molar-refractivity contribution in [3.63, 3.8) is 0 Å². The maximum atomic E-state index is 12.4. The van der Waals surface area contributed by atoms with Crippen molar-refractivity contribution >= 4 is 17.8 Å². The smallest absolute Gasteiger partial charge is 0.343 e. The van der Waals surface area contributed by atoms with Gasteiger partial charge in [-0.15, -0.1) is 0 Å². The summed E-state index contributed by atoms with van der Waals surface area (Å²) in [5, 5.41) is 5.51. The van der Waals surface area contributed by atoms with Crippen LogP contribution in [-0.2, 0) is 14.3 Å². The number of hydrogen-bond donors (Lipinski definition) is 2. The lowest BCUT2D eigenvalue weighted by atomic mass is 10.1. The Hall–Kier alpha value is -2.77. The molecular weight excluding hydrogens is 328 g/mol. The molecule has 8 heteroatoms. The molecule has 1 aliphatic rings. The zero-order valence-electron chi connectivity index (χ0n) is 14.3. The van der Waals surface area contributed by atoms with E-state index in [1.54, 1.807) is 6.07 Å². The Morgan fingerprint density at radius 3 is 2.76 bits per heavy atom. The summed E-state index contributed by atoms with van der Waals surface area (Å²) < 4.78 is 15.0. The highest BCUT2D eigenvalue weighted by Crippen LogP contribution is 2.28. The van der Waals surface area contributed by atoms with E-state index in [1.165, 1.54) is 26.4 Å². The van der Waals surface area contributed by atoms with Gasteiger partial charge in [-0.2, -0.15) is 0 Å². The second-order valence-electron chi connectivity index (χ2n) is 5.54. The first-order valence-corrected chi connectivity index (χ1v) is 8.01. The minimum Gasteiger partial charge on any atom is -0.493 e. The molecule has 1 unspecified atom stereocenters. The second-order valence-corrected chi connectivity index (χ2v) is 5.54. The Morgan fingerprint density at radius 2 is 2.04 bits per heavy atom. The molecule has 0 radical (unpaired) electrons. The van der Waals surface area contributed by atoms with Crippen LogP contribution in [0.25, 0.3) is 0 Å². The van der Waals surface area contributed by atoms with Gasteiger partial charge in [0.1, 0.15) is 6.04 Å². The van der Waals surface area contributed by atoms with Gasteiger partial charge >= 0.3 is 5.97 Å². The molecule has 136 valence electrons. The number of esters is 1. The highest BCUT2D eigenvalue weighted by molar-refractivity contribution is 5.98. The summed E-state index contributed by atoms with van der Waals surface area (Å²) in [5.41, 5.74) is 0.333. The Kier molecular flexibility index (Phi) is 6.62. The average molecular weight is 350 g/mol. The molecule has 25 heavy (non-hydrogen) atoms. The van der Waals surface area contributed by atoms with Crippen LogP contribution in [0.3, 0.4) is 0 Å². The lowest BCUT2D eigenvalue weighted by Gasteiger charge is -2.16. The van der Waals surface area contributed by atoms with Crippen molar-refractivity contribution in [2.75, 3.05) is 27.4 Å². The highest BCUT2D eigenvalue weighted by Gasteiger charge is 2.23. The van der Waals surface area contributed by atoms with Crippen LogP contribution in [0.2, 0.25) is 0 Å². The zero-order chi connectivity index (χ0) is 18.2. The molecule has 2 rings (SSSR count). The van der Waals surface area contributed by atoms with E-state index in [9.17, 15) is 14.4 Å². The quantitative estimate of drug-likeness (QED) is 0.730. The van der Waals surface area contributed by atoms with Crippen LogP contribution < -0.4 is 20.1 Å². The molecule has 0 aliphatic carbocycles. The first-order valence-electron chi connectivity index (χ1n) is 8.01. The van der Waals surface area contributed by atoms with Gasteiger partial charge in [0.2, 0.25) is 5.91 Å². The molecule has 8 nitrogen and oxygen atoms in total. The monoisotopic (exact) mass is 350 g/mol. The predicted molar refractivity (Wildman–Crippen MR) is 88.6 cm³/mol. The number of carbonyl (C=O) groups excluding carboxylic acids is 3. The summed E-state index contributed by atoms with van der Waals surface area (Å²) in [7, 11) is 2.70. The molecule has 2 N–H and O–H groups in total. The summed E-state index contributed by atoms with van der Waals surface area (Å²) in [5.74, 6) is -0.447. The van der Waals surface area contributed by atoms with Crippen LogP contribution in [0.1, 0.15) is 29.6 Å². The lowest BCUT2D eigenvalue weighted by Crippen LogP contribution is -2.45. The van der Waals surface area contributed by atoms with E-state index in [0.717, 1.165) is 12.8 Å². The van der Waals surface area contributed by atoms with E-state index in [2.05, 4.69) is 15.4 Å². The molecule has 1 aromatic carbocycles. The Labute approximate surface area is 145 Å². The minimum absolute atomic E-state index is 0.171. The average Bonchev–Trinajstić information content (AvgIpc) is 2.83.